The van der Waals surface area contributed by atoms with E-state index in [1.807, 2.05) is 54.0 Å². The highest BCUT2D eigenvalue weighted by Crippen LogP contribution is 2.32. The van der Waals surface area contributed by atoms with Crippen molar-refractivity contribution in [3.8, 4) is 0 Å². The van der Waals surface area contributed by atoms with Crippen molar-refractivity contribution in [3.63, 3.8) is 0 Å². The average molecular weight is 526 g/mol. The van der Waals surface area contributed by atoms with E-state index in [2.05, 4.69) is 36.2 Å². The quantitative estimate of drug-likeness (QED) is 0.277. The molecule has 2 amide bonds. The van der Waals surface area contributed by atoms with Crippen LogP contribution in [0.3, 0.4) is 0 Å². The van der Waals surface area contributed by atoms with Crippen LogP contribution in [0.4, 0.5) is 23.0 Å². The molecule has 3 aromatic rings. The van der Waals surface area contributed by atoms with E-state index in [1.165, 1.54) is 11.8 Å². The molecular weight excluding hydrogens is 498 g/mol. The van der Waals surface area contributed by atoms with Gasteiger partial charge >= 0.3 is 0 Å². The molecular formula is C23H27N9O2S2. The van der Waals surface area contributed by atoms with E-state index in [9.17, 15) is 9.59 Å². The van der Waals surface area contributed by atoms with Crippen molar-refractivity contribution in [2.24, 2.45) is 5.92 Å². The fourth-order valence-electron chi connectivity index (χ4n) is 3.54. The van der Waals surface area contributed by atoms with Gasteiger partial charge in [-0.3, -0.25) is 20.1 Å². The predicted octanol–water partition coefficient (Wildman–Crippen LogP) is 3.03. The van der Waals surface area contributed by atoms with Crippen LogP contribution in [-0.2, 0) is 4.79 Å². The molecule has 0 spiro atoms. The van der Waals surface area contributed by atoms with Crippen LogP contribution in [0.1, 0.15) is 29.0 Å². The highest BCUT2D eigenvalue weighted by atomic mass is 32.2. The van der Waals surface area contributed by atoms with Crippen molar-refractivity contribution in [1.29, 1.82) is 0 Å². The lowest BCUT2D eigenvalue weighted by Gasteiger charge is -2.26. The number of rotatable bonds is 8. The number of nitrogens with one attached hydrogen (secondary N) is 4. The average Bonchev–Trinajstić information content (AvgIpc) is 3.65. The molecule has 0 radical (unpaired) electrons. The van der Waals surface area contributed by atoms with Gasteiger partial charge in [-0.25, -0.2) is 15.0 Å². The number of nitrogens with zero attached hydrogens (tertiary/aromatic N) is 4. The minimum Gasteiger partial charge on any atom is -0.394 e. The molecule has 2 aromatic heterocycles. The zero-order chi connectivity index (χ0) is 25.1. The lowest BCUT2D eigenvalue weighted by molar-refractivity contribution is -0.117. The number of hydrazine groups is 1. The van der Waals surface area contributed by atoms with E-state index in [0.717, 1.165) is 53.7 Å². The molecule has 36 heavy (non-hydrogen) atoms. The lowest BCUT2D eigenvalue weighted by atomic mass is 10.3. The molecule has 1 saturated heterocycles. The van der Waals surface area contributed by atoms with Crippen molar-refractivity contribution in [3.05, 3.63) is 41.7 Å². The van der Waals surface area contributed by atoms with Crippen LogP contribution in [-0.4, -0.2) is 61.6 Å². The summed E-state index contributed by atoms with van der Waals surface area (Å²) in [5.41, 5.74) is 11.1. The second-order valence-electron chi connectivity index (χ2n) is 8.61. The summed E-state index contributed by atoms with van der Waals surface area (Å²) >= 11 is 3.15. The van der Waals surface area contributed by atoms with Gasteiger partial charge in [0.25, 0.3) is 5.91 Å². The Morgan fingerprint density at radius 3 is 2.58 bits per heavy atom. The van der Waals surface area contributed by atoms with Gasteiger partial charge in [0, 0.05) is 52.9 Å². The van der Waals surface area contributed by atoms with Crippen molar-refractivity contribution in [1.82, 2.24) is 30.6 Å². The minimum atomic E-state index is -0.386. The summed E-state index contributed by atoms with van der Waals surface area (Å²) in [5, 5.41) is 15.3. The van der Waals surface area contributed by atoms with Gasteiger partial charge in [-0.15, -0.1) is 0 Å². The molecule has 0 bridgehead atoms. The number of hydrogen-bond donors (Lipinski definition) is 5. The first kappa shape index (κ1) is 24.4. The number of anilines is 4. The number of benzene rings is 1. The number of aromatic amines is 1. The van der Waals surface area contributed by atoms with Crippen LogP contribution < -0.4 is 21.8 Å². The number of nitrogen functional groups attached to an aromatic ring is 1. The molecule has 1 aliphatic carbocycles. The molecule has 3 heterocycles. The molecule has 1 saturated carbocycles. The van der Waals surface area contributed by atoms with Crippen LogP contribution in [0.2, 0.25) is 0 Å². The number of amides is 2. The summed E-state index contributed by atoms with van der Waals surface area (Å²) in [5.74, 6) is 2.54. The SMILES string of the molecule is Cc1cc(Nc2nc(Sc3ccc(NC(=O)C4CC4)cc3)nc(C(=O)NN3CCSCC3)c2N)n[nH]1. The summed E-state index contributed by atoms with van der Waals surface area (Å²) in [4.78, 5) is 35.0. The molecule has 1 aromatic carbocycles. The van der Waals surface area contributed by atoms with E-state index in [-0.39, 0.29) is 29.1 Å². The summed E-state index contributed by atoms with van der Waals surface area (Å²) in [7, 11) is 0. The molecule has 2 fully saturated rings. The maximum absolute atomic E-state index is 13.1. The van der Waals surface area contributed by atoms with Gasteiger partial charge in [0.05, 0.1) is 0 Å². The van der Waals surface area contributed by atoms with Gasteiger partial charge < -0.3 is 16.4 Å². The van der Waals surface area contributed by atoms with Gasteiger partial charge in [-0.2, -0.15) is 16.9 Å². The predicted molar refractivity (Wildman–Crippen MR) is 141 cm³/mol. The lowest BCUT2D eigenvalue weighted by Crippen LogP contribution is -2.47. The number of carbonyl (C=O) groups is 2. The van der Waals surface area contributed by atoms with Crippen LogP contribution >= 0.6 is 23.5 Å². The molecule has 5 rings (SSSR count). The van der Waals surface area contributed by atoms with Gasteiger partial charge in [0.1, 0.15) is 5.69 Å². The number of aryl methyl sites for hydroxylation is 1. The van der Waals surface area contributed by atoms with Crippen LogP contribution in [0.5, 0.6) is 0 Å². The molecule has 1 aliphatic heterocycles. The van der Waals surface area contributed by atoms with Gasteiger partial charge in [-0.05, 0) is 55.8 Å². The molecule has 13 heteroatoms. The Labute approximate surface area is 216 Å². The number of hydrogen-bond acceptors (Lipinski definition) is 10. The minimum absolute atomic E-state index is 0.0598. The van der Waals surface area contributed by atoms with E-state index in [4.69, 9.17) is 5.73 Å². The highest BCUT2D eigenvalue weighted by Gasteiger charge is 2.29. The number of aromatic nitrogens is 4. The van der Waals surface area contributed by atoms with Crippen LogP contribution in [0, 0.1) is 12.8 Å². The van der Waals surface area contributed by atoms with Crippen molar-refractivity contribution in [2.45, 2.75) is 29.8 Å². The fraction of sp³-hybridized carbons (Fsp3) is 0.348. The maximum atomic E-state index is 13.1. The molecule has 0 unspecified atom stereocenters. The third-order valence-electron chi connectivity index (χ3n) is 5.64. The standard InChI is InChI=1S/C23H27N9O2S2/c1-13-12-17(30-29-13)26-20-18(24)19(22(34)31-32-8-10-35-11-9-32)27-23(28-20)36-16-6-4-15(5-7-16)25-21(33)14-2-3-14/h4-7,12,14H,2-3,8-11,24H2,1H3,(H,25,33)(H,31,34)(H2,26,27,28,29,30). The van der Waals surface area contributed by atoms with Crippen molar-refractivity contribution in [2.75, 3.05) is 41.0 Å². The number of carbonyl (C=O) groups excluding carboxylic acids is 2. The first-order chi connectivity index (χ1) is 17.4. The second kappa shape index (κ2) is 10.8. The molecule has 188 valence electrons. The Kier molecular flexibility index (Phi) is 7.30. The second-order valence-corrected chi connectivity index (χ2v) is 10.9. The molecule has 6 N–H and O–H groups in total. The molecule has 2 aliphatic rings. The summed E-state index contributed by atoms with van der Waals surface area (Å²) < 4.78 is 0. The van der Waals surface area contributed by atoms with Crippen molar-refractivity contribution >= 4 is 58.3 Å². The maximum Gasteiger partial charge on any atom is 0.286 e. The Hall–Kier alpha value is -3.29. The van der Waals surface area contributed by atoms with Crippen LogP contribution in [0.15, 0.2) is 40.4 Å². The molecule has 11 nitrogen and oxygen atoms in total. The third-order valence-corrected chi connectivity index (χ3v) is 7.46. The summed E-state index contributed by atoms with van der Waals surface area (Å²) in [6, 6.07) is 9.25. The third kappa shape index (κ3) is 6.09. The number of H-pyrrole nitrogens is 1. The first-order valence-electron chi connectivity index (χ1n) is 11.6. The van der Waals surface area contributed by atoms with Gasteiger partial charge in [-0.1, -0.05) is 0 Å². The summed E-state index contributed by atoms with van der Waals surface area (Å²) in [6.45, 7) is 3.39. The zero-order valence-corrected chi connectivity index (χ0v) is 21.3. The zero-order valence-electron chi connectivity index (χ0n) is 19.7. The van der Waals surface area contributed by atoms with Crippen LogP contribution in [0.25, 0.3) is 0 Å². The topological polar surface area (TPSA) is 154 Å². The largest absolute Gasteiger partial charge is 0.394 e. The number of thioether (sulfide) groups is 1. The smallest absolute Gasteiger partial charge is 0.286 e. The Balaban J connectivity index is 1.37. The normalized spacial score (nSPS) is 15.9. The Bertz CT molecular complexity index is 1250. The first-order valence-corrected chi connectivity index (χ1v) is 13.6. The number of nitrogens with two attached hydrogens (primary N) is 1. The van der Waals surface area contributed by atoms with Crippen molar-refractivity contribution < 1.29 is 9.59 Å². The van der Waals surface area contributed by atoms with E-state index < -0.39 is 0 Å². The van der Waals surface area contributed by atoms with E-state index >= 15 is 0 Å². The van der Waals surface area contributed by atoms with E-state index in [0.29, 0.717) is 16.8 Å². The highest BCUT2D eigenvalue weighted by molar-refractivity contribution is 7.99. The molecule has 0 atom stereocenters. The fourth-order valence-corrected chi connectivity index (χ4v) is 5.20. The Morgan fingerprint density at radius 2 is 1.92 bits per heavy atom. The van der Waals surface area contributed by atoms with E-state index in [1.54, 1.807) is 0 Å². The van der Waals surface area contributed by atoms with Gasteiger partial charge in [0.15, 0.2) is 22.5 Å². The summed E-state index contributed by atoms with van der Waals surface area (Å²) in [6.07, 6.45) is 1.91. The van der Waals surface area contributed by atoms with Gasteiger partial charge in [0.2, 0.25) is 5.91 Å². The monoisotopic (exact) mass is 525 g/mol. The Morgan fingerprint density at radius 1 is 1.17 bits per heavy atom.